The Labute approximate surface area is 157 Å². The van der Waals surface area contributed by atoms with Crippen LogP contribution in [-0.4, -0.2) is 37.7 Å². The molecule has 0 aromatic heterocycles. The van der Waals surface area contributed by atoms with E-state index >= 15 is 0 Å². The summed E-state index contributed by atoms with van der Waals surface area (Å²) in [4.78, 5) is 2.56. The molecule has 1 heterocycles. The largest absolute Gasteiger partial charge is 0.490 e. The van der Waals surface area contributed by atoms with Gasteiger partial charge in [-0.1, -0.05) is 43.3 Å². The third-order valence-corrected chi connectivity index (χ3v) is 4.87. The van der Waals surface area contributed by atoms with Crippen LogP contribution in [0.3, 0.4) is 0 Å². The lowest BCUT2D eigenvalue weighted by Gasteiger charge is -2.35. The number of hydrogen-bond donors (Lipinski definition) is 1. The molecule has 0 radical (unpaired) electrons. The van der Waals surface area contributed by atoms with Gasteiger partial charge >= 0.3 is 0 Å². The summed E-state index contributed by atoms with van der Waals surface area (Å²) in [5, 5.41) is 3.43. The molecule has 0 unspecified atom stereocenters. The van der Waals surface area contributed by atoms with Gasteiger partial charge in [0.05, 0.1) is 6.61 Å². The Bertz CT molecular complexity index is 669. The van der Waals surface area contributed by atoms with E-state index in [0.717, 1.165) is 49.7 Å². The number of nitrogens with zero attached hydrogens (tertiary/aromatic N) is 1. The predicted octanol–water partition coefficient (Wildman–Crippen LogP) is 4.02. The van der Waals surface area contributed by atoms with Crippen molar-refractivity contribution in [1.29, 1.82) is 0 Å². The first kappa shape index (κ1) is 18.7. The molecule has 0 saturated carbocycles. The van der Waals surface area contributed by atoms with Crippen molar-refractivity contribution in [2.45, 2.75) is 32.9 Å². The molecule has 2 aromatic rings. The Morgan fingerprint density at radius 1 is 0.962 bits per heavy atom. The van der Waals surface area contributed by atoms with Gasteiger partial charge in [0, 0.05) is 32.2 Å². The average molecular weight is 354 g/mol. The second-order valence-corrected chi connectivity index (χ2v) is 6.62. The van der Waals surface area contributed by atoms with E-state index in [9.17, 15) is 0 Å². The van der Waals surface area contributed by atoms with Crippen LogP contribution in [0.1, 0.15) is 37.4 Å². The molecular weight excluding hydrogens is 324 g/mol. The molecule has 4 heteroatoms. The number of ether oxygens (including phenoxy) is 2. The van der Waals surface area contributed by atoms with Crippen molar-refractivity contribution in [1.82, 2.24) is 10.2 Å². The van der Waals surface area contributed by atoms with Crippen LogP contribution in [0.2, 0.25) is 0 Å². The quantitative estimate of drug-likeness (QED) is 0.776. The van der Waals surface area contributed by atoms with Gasteiger partial charge in [0.1, 0.15) is 6.61 Å². The van der Waals surface area contributed by atoms with Crippen molar-refractivity contribution in [3.63, 3.8) is 0 Å². The molecule has 1 atom stereocenters. The number of hydrogen-bond acceptors (Lipinski definition) is 4. The molecule has 0 spiro atoms. The first-order valence-electron chi connectivity index (χ1n) is 9.70. The van der Waals surface area contributed by atoms with Gasteiger partial charge in [-0.3, -0.25) is 4.90 Å². The van der Waals surface area contributed by atoms with E-state index in [-0.39, 0.29) is 0 Å². The van der Waals surface area contributed by atoms with E-state index in [1.165, 1.54) is 5.56 Å². The van der Waals surface area contributed by atoms with Gasteiger partial charge in [0.15, 0.2) is 11.5 Å². The average Bonchev–Trinajstić information content (AvgIpc) is 2.70. The minimum atomic E-state index is 0.430. The van der Waals surface area contributed by atoms with Crippen molar-refractivity contribution in [3.8, 4) is 11.5 Å². The van der Waals surface area contributed by atoms with Crippen LogP contribution in [0.25, 0.3) is 0 Å². The molecule has 26 heavy (non-hydrogen) atoms. The summed E-state index contributed by atoms with van der Waals surface area (Å²) in [6.07, 6.45) is 1.09. The Kier molecular flexibility index (Phi) is 6.92. The standard InChI is InChI=1S/C22H30N2O2/c1-3-20(24-14-12-23-13-15-24)19-10-11-21(22(16-19)25-4-2)26-17-18-8-6-5-7-9-18/h5-11,16,20,23H,3-4,12-15,17H2,1-2H3/t20-/m1/s1. The topological polar surface area (TPSA) is 33.7 Å². The van der Waals surface area contributed by atoms with Gasteiger partial charge in [-0.15, -0.1) is 0 Å². The molecule has 0 amide bonds. The fourth-order valence-corrected chi connectivity index (χ4v) is 3.55. The van der Waals surface area contributed by atoms with Crippen molar-refractivity contribution < 1.29 is 9.47 Å². The third-order valence-electron chi connectivity index (χ3n) is 4.87. The van der Waals surface area contributed by atoms with Gasteiger partial charge < -0.3 is 14.8 Å². The molecule has 0 bridgehead atoms. The van der Waals surface area contributed by atoms with E-state index in [2.05, 4.69) is 47.5 Å². The van der Waals surface area contributed by atoms with E-state index < -0.39 is 0 Å². The monoisotopic (exact) mass is 354 g/mol. The van der Waals surface area contributed by atoms with Crippen molar-refractivity contribution in [2.24, 2.45) is 0 Å². The second-order valence-electron chi connectivity index (χ2n) is 6.62. The van der Waals surface area contributed by atoms with Crippen molar-refractivity contribution >= 4 is 0 Å². The zero-order valence-electron chi connectivity index (χ0n) is 15.9. The minimum Gasteiger partial charge on any atom is -0.490 e. The van der Waals surface area contributed by atoms with Crippen LogP contribution in [0, 0.1) is 0 Å². The number of piperazine rings is 1. The first-order chi connectivity index (χ1) is 12.8. The summed E-state index contributed by atoms with van der Waals surface area (Å²) in [6, 6.07) is 17.1. The highest BCUT2D eigenvalue weighted by Gasteiger charge is 2.21. The summed E-state index contributed by atoms with van der Waals surface area (Å²) in [5.41, 5.74) is 2.47. The summed E-state index contributed by atoms with van der Waals surface area (Å²) < 4.78 is 11.9. The van der Waals surface area contributed by atoms with Gasteiger partial charge in [-0.05, 0) is 36.6 Å². The molecule has 2 aromatic carbocycles. The number of rotatable bonds is 8. The Morgan fingerprint density at radius 3 is 2.42 bits per heavy atom. The lowest BCUT2D eigenvalue weighted by atomic mass is 10.0. The maximum atomic E-state index is 6.04. The van der Waals surface area contributed by atoms with Crippen LogP contribution in [0.5, 0.6) is 11.5 Å². The highest BCUT2D eigenvalue weighted by molar-refractivity contribution is 5.44. The van der Waals surface area contributed by atoms with E-state index in [1.54, 1.807) is 0 Å². The van der Waals surface area contributed by atoms with Gasteiger partial charge in [0.25, 0.3) is 0 Å². The molecular formula is C22H30N2O2. The fraction of sp³-hybridized carbons (Fsp3) is 0.455. The van der Waals surface area contributed by atoms with Crippen LogP contribution < -0.4 is 14.8 Å². The van der Waals surface area contributed by atoms with E-state index in [0.29, 0.717) is 19.3 Å². The summed E-state index contributed by atoms with van der Waals surface area (Å²) in [5.74, 6) is 1.66. The normalized spacial score (nSPS) is 16.2. The van der Waals surface area contributed by atoms with Gasteiger partial charge in [0.2, 0.25) is 0 Å². The molecule has 1 saturated heterocycles. The summed E-state index contributed by atoms with van der Waals surface area (Å²) >= 11 is 0. The van der Waals surface area contributed by atoms with Crippen LogP contribution in [-0.2, 0) is 6.61 Å². The highest BCUT2D eigenvalue weighted by atomic mass is 16.5. The molecule has 1 aliphatic heterocycles. The molecule has 140 valence electrons. The van der Waals surface area contributed by atoms with Crippen LogP contribution in [0.4, 0.5) is 0 Å². The third kappa shape index (κ3) is 4.77. The second kappa shape index (κ2) is 9.60. The smallest absolute Gasteiger partial charge is 0.161 e. The number of benzene rings is 2. The highest BCUT2D eigenvalue weighted by Crippen LogP contribution is 2.34. The van der Waals surface area contributed by atoms with Gasteiger partial charge in [-0.2, -0.15) is 0 Å². The Hall–Kier alpha value is -2.04. The van der Waals surface area contributed by atoms with Crippen molar-refractivity contribution in [2.75, 3.05) is 32.8 Å². The molecule has 0 aliphatic carbocycles. The van der Waals surface area contributed by atoms with E-state index in [1.807, 2.05) is 25.1 Å². The van der Waals surface area contributed by atoms with Gasteiger partial charge in [-0.25, -0.2) is 0 Å². The summed E-state index contributed by atoms with van der Waals surface area (Å²) in [6.45, 7) is 9.77. The number of nitrogens with one attached hydrogen (secondary N) is 1. The lowest BCUT2D eigenvalue weighted by Crippen LogP contribution is -2.45. The molecule has 1 fully saturated rings. The van der Waals surface area contributed by atoms with E-state index in [4.69, 9.17) is 9.47 Å². The molecule has 1 N–H and O–H groups in total. The lowest BCUT2D eigenvalue weighted by molar-refractivity contribution is 0.169. The first-order valence-corrected chi connectivity index (χ1v) is 9.70. The SMILES string of the molecule is CCOc1cc([C@@H](CC)N2CCNCC2)ccc1OCc1ccccc1. The summed E-state index contributed by atoms with van der Waals surface area (Å²) in [7, 11) is 0. The maximum Gasteiger partial charge on any atom is 0.161 e. The minimum absolute atomic E-state index is 0.430. The molecule has 3 rings (SSSR count). The Morgan fingerprint density at radius 2 is 1.73 bits per heavy atom. The molecule has 4 nitrogen and oxygen atoms in total. The van der Waals surface area contributed by atoms with Crippen molar-refractivity contribution in [3.05, 3.63) is 59.7 Å². The zero-order chi connectivity index (χ0) is 18.2. The molecule has 1 aliphatic rings. The Balaban J connectivity index is 1.76. The van der Waals surface area contributed by atoms with Crippen LogP contribution in [0.15, 0.2) is 48.5 Å². The predicted molar refractivity (Wildman–Crippen MR) is 106 cm³/mol. The fourth-order valence-electron chi connectivity index (χ4n) is 3.55. The zero-order valence-corrected chi connectivity index (χ0v) is 15.9. The van der Waals surface area contributed by atoms with Crippen LogP contribution >= 0.6 is 0 Å². The maximum absolute atomic E-state index is 6.04.